The number of piperazine rings is 1. The van der Waals surface area contributed by atoms with Gasteiger partial charge in [-0.25, -0.2) is 8.42 Å². The predicted molar refractivity (Wildman–Crippen MR) is 88.7 cm³/mol. The highest BCUT2D eigenvalue weighted by Gasteiger charge is 2.32. The maximum Gasteiger partial charge on any atom is 0.247 e. The molecule has 0 atom stereocenters. The predicted octanol–water partition coefficient (Wildman–Crippen LogP) is 0.169. The molecule has 0 spiro atoms. The third kappa shape index (κ3) is 4.04. The number of quaternary nitrogens is 1. The number of methoxy groups -OCH3 is 2. The molecule has 1 aromatic carbocycles. The van der Waals surface area contributed by atoms with E-state index in [1.807, 2.05) is 6.92 Å². The van der Waals surface area contributed by atoms with Crippen LogP contribution in [0.3, 0.4) is 0 Å². The number of benzene rings is 1. The number of nitrogens with zero attached hydrogens (tertiary/aromatic N) is 1. The fourth-order valence-electron chi connectivity index (χ4n) is 2.77. The molecule has 6 nitrogen and oxygen atoms in total. The highest BCUT2D eigenvalue weighted by atomic mass is 32.2. The fourth-order valence-corrected chi connectivity index (χ4v) is 4.38. The van der Waals surface area contributed by atoms with E-state index in [4.69, 9.17) is 9.47 Å². The Balaban J connectivity index is 2.21. The lowest BCUT2D eigenvalue weighted by molar-refractivity contribution is -0.898. The van der Waals surface area contributed by atoms with Crippen LogP contribution in [0.4, 0.5) is 0 Å². The average Bonchev–Trinajstić information content (AvgIpc) is 2.54. The highest BCUT2D eigenvalue weighted by molar-refractivity contribution is 7.89. The molecule has 1 fully saturated rings. The molecular weight excluding hydrogens is 316 g/mol. The van der Waals surface area contributed by atoms with Crippen LogP contribution in [0.5, 0.6) is 11.5 Å². The first-order valence-corrected chi connectivity index (χ1v) is 9.02. The van der Waals surface area contributed by atoms with Crippen LogP contribution in [0, 0.1) is 0 Å². The molecule has 2 rings (SSSR count). The van der Waals surface area contributed by atoms with Gasteiger partial charge in [-0.2, -0.15) is 4.31 Å². The van der Waals surface area contributed by atoms with E-state index < -0.39 is 10.0 Å². The summed E-state index contributed by atoms with van der Waals surface area (Å²) in [6.07, 6.45) is 0. The van der Waals surface area contributed by atoms with E-state index in [1.54, 1.807) is 12.1 Å². The zero-order valence-electron chi connectivity index (χ0n) is 14.0. The van der Waals surface area contributed by atoms with E-state index in [0.717, 1.165) is 25.2 Å². The number of hydrogen-bond donors (Lipinski definition) is 1. The van der Waals surface area contributed by atoms with Gasteiger partial charge in [0, 0.05) is 6.07 Å². The van der Waals surface area contributed by atoms with Gasteiger partial charge in [-0.3, -0.25) is 0 Å². The molecule has 1 N–H and O–H groups in total. The standard InChI is InChI=1S/C16H24N2O4S/c1-13(2)12-17-7-9-18(10-8-17)23(19,20)16-11-14(21-3)5-6-15(16)22-4/h5-6,11H,1,7-10,12H2,2-4H3/p+1. The molecule has 1 aliphatic rings. The molecule has 0 bridgehead atoms. The molecule has 23 heavy (non-hydrogen) atoms. The van der Waals surface area contributed by atoms with Gasteiger partial charge in [0.05, 0.1) is 46.9 Å². The summed E-state index contributed by atoms with van der Waals surface area (Å²) in [6, 6.07) is 4.82. The Bertz CT molecular complexity index is 665. The van der Waals surface area contributed by atoms with Crippen LogP contribution in [0.15, 0.2) is 35.2 Å². The zero-order chi connectivity index (χ0) is 17.0. The van der Waals surface area contributed by atoms with Crippen LogP contribution >= 0.6 is 0 Å². The Kier molecular flexibility index (Phi) is 5.67. The van der Waals surface area contributed by atoms with Gasteiger partial charge in [-0.1, -0.05) is 6.58 Å². The smallest absolute Gasteiger partial charge is 0.247 e. The van der Waals surface area contributed by atoms with E-state index in [9.17, 15) is 8.42 Å². The molecule has 128 valence electrons. The Morgan fingerprint density at radius 3 is 2.43 bits per heavy atom. The minimum atomic E-state index is -3.60. The molecule has 0 aliphatic carbocycles. The molecule has 1 aliphatic heterocycles. The number of sulfonamides is 1. The van der Waals surface area contributed by atoms with Crippen molar-refractivity contribution in [3.05, 3.63) is 30.4 Å². The number of ether oxygens (including phenoxy) is 2. The number of nitrogens with one attached hydrogen (secondary N) is 1. The molecule has 0 unspecified atom stereocenters. The summed E-state index contributed by atoms with van der Waals surface area (Å²) in [4.78, 5) is 1.52. The SMILES string of the molecule is C=C(C)C[NH+]1CCN(S(=O)(=O)c2cc(OC)ccc2OC)CC1. The third-order valence-corrected chi connectivity index (χ3v) is 5.89. The minimum Gasteiger partial charge on any atom is -0.497 e. The monoisotopic (exact) mass is 341 g/mol. The summed E-state index contributed by atoms with van der Waals surface area (Å²) in [6.45, 7) is 9.34. The highest BCUT2D eigenvalue weighted by Crippen LogP contribution is 2.30. The Morgan fingerprint density at radius 1 is 1.26 bits per heavy atom. The number of rotatable bonds is 6. The molecule has 1 aromatic rings. The van der Waals surface area contributed by atoms with Gasteiger partial charge >= 0.3 is 0 Å². The van der Waals surface area contributed by atoms with E-state index in [0.29, 0.717) is 24.6 Å². The van der Waals surface area contributed by atoms with Crippen LogP contribution in [-0.4, -0.2) is 59.7 Å². The first-order chi connectivity index (χ1) is 10.9. The summed E-state index contributed by atoms with van der Waals surface area (Å²) in [5.74, 6) is 0.832. The van der Waals surface area contributed by atoms with Gasteiger partial charge in [0.15, 0.2) is 0 Å². The molecule has 0 saturated carbocycles. The summed E-state index contributed by atoms with van der Waals surface area (Å²) < 4.78 is 37.7. The molecule has 0 aromatic heterocycles. The molecule has 1 heterocycles. The number of hydrogen-bond acceptors (Lipinski definition) is 4. The second-order valence-corrected chi connectivity index (χ2v) is 7.71. The Hall–Kier alpha value is -1.57. The third-order valence-electron chi connectivity index (χ3n) is 3.97. The second-order valence-electron chi connectivity index (χ2n) is 5.80. The molecular formula is C16H25N2O4S+. The van der Waals surface area contributed by atoms with E-state index in [-0.39, 0.29) is 4.90 Å². The summed E-state index contributed by atoms with van der Waals surface area (Å²) in [5, 5.41) is 0. The molecule has 0 amide bonds. The van der Waals surface area contributed by atoms with Crippen LogP contribution in [-0.2, 0) is 10.0 Å². The van der Waals surface area contributed by atoms with Crippen molar-refractivity contribution < 1.29 is 22.8 Å². The van der Waals surface area contributed by atoms with Crippen molar-refractivity contribution in [3.8, 4) is 11.5 Å². The Labute approximate surface area is 138 Å². The molecule has 7 heteroatoms. The van der Waals surface area contributed by atoms with E-state index in [1.165, 1.54) is 29.5 Å². The van der Waals surface area contributed by atoms with Gasteiger partial charge in [0.1, 0.15) is 16.4 Å². The maximum atomic E-state index is 12.9. The summed E-state index contributed by atoms with van der Waals surface area (Å²) >= 11 is 0. The van der Waals surface area contributed by atoms with Gasteiger partial charge in [-0.15, -0.1) is 0 Å². The van der Waals surface area contributed by atoms with E-state index >= 15 is 0 Å². The van der Waals surface area contributed by atoms with Crippen molar-refractivity contribution in [2.24, 2.45) is 0 Å². The van der Waals surface area contributed by atoms with Crippen molar-refractivity contribution >= 4 is 10.0 Å². The molecule has 0 radical (unpaired) electrons. The van der Waals surface area contributed by atoms with Gasteiger partial charge in [0.25, 0.3) is 0 Å². The molecule has 1 saturated heterocycles. The van der Waals surface area contributed by atoms with Crippen molar-refractivity contribution in [3.63, 3.8) is 0 Å². The van der Waals surface area contributed by atoms with Crippen molar-refractivity contribution in [1.29, 1.82) is 0 Å². The van der Waals surface area contributed by atoms with Crippen molar-refractivity contribution in [2.75, 3.05) is 46.9 Å². The van der Waals surface area contributed by atoms with Crippen molar-refractivity contribution in [2.45, 2.75) is 11.8 Å². The van der Waals surface area contributed by atoms with Gasteiger partial charge in [0.2, 0.25) is 10.0 Å². The largest absolute Gasteiger partial charge is 0.497 e. The lowest BCUT2D eigenvalue weighted by Gasteiger charge is -2.31. The summed E-state index contributed by atoms with van der Waals surface area (Å²) in [5.41, 5.74) is 1.12. The summed E-state index contributed by atoms with van der Waals surface area (Å²) in [7, 11) is -0.617. The van der Waals surface area contributed by atoms with Gasteiger partial charge < -0.3 is 14.4 Å². The quantitative estimate of drug-likeness (QED) is 0.750. The normalized spacial score (nSPS) is 17.0. The van der Waals surface area contributed by atoms with Crippen LogP contribution in [0.1, 0.15) is 6.92 Å². The average molecular weight is 341 g/mol. The van der Waals surface area contributed by atoms with Crippen LogP contribution in [0.25, 0.3) is 0 Å². The topological polar surface area (TPSA) is 60.3 Å². The first kappa shape index (κ1) is 17.8. The van der Waals surface area contributed by atoms with Crippen LogP contribution in [0.2, 0.25) is 0 Å². The lowest BCUT2D eigenvalue weighted by atomic mass is 10.3. The zero-order valence-corrected chi connectivity index (χ0v) is 14.8. The fraction of sp³-hybridized carbons (Fsp3) is 0.500. The lowest BCUT2D eigenvalue weighted by Crippen LogP contribution is -3.14. The van der Waals surface area contributed by atoms with E-state index in [2.05, 4.69) is 6.58 Å². The van der Waals surface area contributed by atoms with Crippen LogP contribution < -0.4 is 14.4 Å². The van der Waals surface area contributed by atoms with Crippen molar-refractivity contribution in [1.82, 2.24) is 4.31 Å². The second kappa shape index (κ2) is 7.33. The van der Waals surface area contributed by atoms with Gasteiger partial charge in [-0.05, 0) is 24.6 Å². The maximum absolute atomic E-state index is 12.9. The Morgan fingerprint density at radius 2 is 1.91 bits per heavy atom. The first-order valence-electron chi connectivity index (χ1n) is 7.58. The minimum absolute atomic E-state index is 0.155.